The molecule has 1 fully saturated rings. The largest absolute Gasteiger partial charge is 0.303 e. The summed E-state index contributed by atoms with van der Waals surface area (Å²) in [6.07, 6.45) is 5.08. The predicted octanol–water partition coefficient (Wildman–Crippen LogP) is 2.55. The van der Waals surface area contributed by atoms with E-state index in [1.807, 2.05) is 5.38 Å². The van der Waals surface area contributed by atoms with Crippen LogP contribution in [0, 0.1) is 5.92 Å². The number of nitrogens with zero attached hydrogens (tertiary/aromatic N) is 2. The van der Waals surface area contributed by atoms with E-state index >= 15 is 0 Å². The van der Waals surface area contributed by atoms with Crippen LogP contribution in [-0.2, 0) is 17.6 Å². The fourth-order valence-electron chi connectivity index (χ4n) is 2.60. The van der Waals surface area contributed by atoms with Crippen LogP contribution in [0.1, 0.15) is 37.4 Å². The first-order valence-corrected chi connectivity index (χ1v) is 7.68. The summed E-state index contributed by atoms with van der Waals surface area (Å²) in [6.45, 7) is 6.98. The van der Waals surface area contributed by atoms with Gasteiger partial charge >= 0.3 is 0 Å². The Labute approximate surface area is 113 Å². The monoisotopic (exact) mass is 266 g/mol. The molecule has 100 valence electrons. The molecule has 1 aliphatic heterocycles. The molecule has 4 heteroatoms. The van der Waals surface area contributed by atoms with Crippen LogP contribution in [0.3, 0.4) is 0 Å². The number of hydrogen-bond donors (Lipinski definition) is 0. The standard InChI is InChI=1S/C14H22N2OS/c1-11(2)16-6-3-4-12(9-16)8-14-15-13(5-7-17)10-18-14/h7,10-12H,3-6,8-9H2,1-2H3. The Balaban J connectivity index is 1.89. The minimum Gasteiger partial charge on any atom is -0.303 e. The van der Waals surface area contributed by atoms with Gasteiger partial charge in [0.1, 0.15) is 6.29 Å². The molecule has 0 aliphatic carbocycles. The number of piperidine rings is 1. The zero-order valence-electron chi connectivity index (χ0n) is 11.3. The number of rotatable bonds is 5. The minimum atomic E-state index is 0.458. The number of thiazole rings is 1. The second kappa shape index (κ2) is 6.43. The normalized spacial score (nSPS) is 21.4. The van der Waals surface area contributed by atoms with Gasteiger partial charge in [-0.1, -0.05) is 0 Å². The summed E-state index contributed by atoms with van der Waals surface area (Å²) in [5, 5.41) is 3.22. The highest BCUT2D eigenvalue weighted by Gasteiger charge is 2.22. The van der Waals surface area contributed by atoms with Crippen molar-refractivity contribution < 1.29 is 4.79 Å². The Morgan fingerprint density at radius 1 is 1.61 bits per heavy atom. The lowest BCUT2D eigenvalue weighted by Crippen LogP contribution is -2.40. The van der Waals surface area contributed by atoms with E-state index in [9.17, 15) is 4.79 Å². The molecule has 1 unspecified atom stereocenters. The van der Waals surface area contributed by atoms with Gasteiger partial charge in [0, 0.05) is 30.8 Å². The first-order valence-electron chi connectivity index (χ1n) is 6.80. The molecule has 18 heavy (non-hydrogen) atoms. The number of hydrogen-bond acceptors (Lipinski definition) is 4. The van der Waals surface area contributed by atoms with Crippen molar-refractivity contribution in [3.8, 4) is 0 Å². The molecular weight excluding hydrogens is 244 g/mol. The summed E-state index contributed by atoms with van der Waals surface area (Å²) in [5.41, 5.74) is 0.932. The average Bonchev–Trinajstić information content (AvgIpc) is 2.77. The zero-order valence-corrected chi connectivity index (χ0v) is 12.1. The van der Waals surface area contributed by atoms with Gasteiger partial charge in [0.05, 0.1) is 10.7 Å². The van der Waals surface area contributed by atoms with E-state index in [0.29, 0.717) is 12.5 Å². The number of carbonyl (C=O) groups excluding carboxylic acids is 1. The third-order valence-electron chi connectivity index (χ3n) is 3.64. The van der Waals surface area contributed by atoms with Crippen molar-refractivity contribution in [3.05, 3.63) is 16.1 Å². The third kappa shape index (κ3) is 3.62. The van der Waals surface area contributed by atoms with Gasteiger partial charge in [-0.05, 0) is 39.2 Å². The topological polar surface area (TPSA) is 33.2 Å². The molecule has 1 aliphatic rings. The molecule has 1 atom stereocenters. The third-order valence-corrected chi connectivity index (χ3v) is 4.56. The van der Waals surface area contributed by atoms with Crippen molar-refractivity contribution in [2.75, 3.05) is 13.1 Å². The maximum absolute atomic E-state index is 10.4. The lowest BCUT2D eigenvalue weighted by Gasteiger charge is -2.35. The van der Waals surface area contributed by atoms with Gasteiger partial charge in [-0.15, -0.1) is 11.3 Å². The van der Waals surface area contributed by atoms with E-state index < -0.39 is 0 Å². The highest BCUT2D eigenvalue weighted by Crippen LogP contribution is 2.23. The minimum absolute atomic E-state index is 0.458. The van der Waals surface area contributed by atoms with Crippen LogP contribution >= 0.6 is 11.3 Å². The second-order valence-corrected chi connectivity index (χ2v) is 6.35. The fourth-order valence-corrected chi connectivity index (χ4v) is 3.52. The Hall–Kier alpha value is -0.740. The molecule has 0 bridgehead atoms. The first-order chi connectivity index (χ1) is 8.69. The van der Waals surface area contributed by atoms with Gasteiger partial charge in [-0.25, -0.2) is 4.98 Å². The molecule has 0 N–H and O–H groups in total. The lowest BCUT2D eigenvalue weighted by molar-refractivity contribution is -0.107. The molecule has 0 radical (unpaired) electrons. The fraction of sp³-hybridized carbons (Fsp3) is 0.714. The molecule has 1 aromatic rings. The summed E-state index contributed by atoms with van der Waals surface area (Å²) in [4.78, 5) is 17.5. The SMILES string of the molecule is CC(C)N1CCCC(Cc2nc(CC=O)cs2)C1. The second-order valence-electron chi connectivity index (χ2n) is 5.40. The van der Waals surface area contributed by atoms with Crippen molar-refractivity contribution >= 4 is 17.6 Å². The van der Waals surface area contributed by atoms with E-state index in [1.54, 1.807) is 11.3 Å². The average molecular weight is 266 g/mol. The number of carbonyl (C=O) groups is 1. The molecule has 0 saturated carbocycles. The van der Waals surface area contributed by atoms with Crippen molar-refractivity contribution in [2.24, 2.45) is 5.92 Å². The zero-order chi connectivity index (χ0) is 13.0. The Morgan fingerprint density at radius 2 is 2.44 bits per heavy atom. The van der Waals surface area contributed by atoms with E-state index in [-0.39, 0.29) is 0 Å². The lowest BCUT2D eigenvalue weighted by atomic mass is 9.94. The molecule has 2 heterocycles. The molecule has 0 spiro atoms. The van der Waals surface area contributed by atoms with Crippen LogP contribution in [0.5, 0.6) is 0 Å². The van der Waals surface area contributed by atoms with Crippen molar-refractivity contribution in [1.29, 1.82) is 0 Å². The Bertz CT molecular complexity index is 389. The summed E-state index contributed by atoms with van der Waals surface area (Å²) in [5.74, 6) is 0.733. The van der Waals surface area contributed by atoms with Crippen LogP contribution in [0.25, 0.3) is 0 Å². The molecule has 1 aromatic heterocycles. The van der Waals surface area contributed by atoms with Crippen LogP contribution in [0.15, 0.2) is 5.38 Å². The van der Waals surface area contributed by atoms with Gasteiger partial charge in [-0.2, -0.15) is 0 Å². The predicted molar refractivity (Wildman–Crippen MR) is 75.0 cm³/mol. The molecule has 0 amide bonds. The van der Waals surface area contributed by atoms with Crippen molar-refractivity contribution in [3.63, 3.8) is 0 Å². The van der Waals surface area contributed by atoms with E-state index in [4.69, 9.17) is 0 Å². The molecule has 1 saturated heterocycles. The Morgan fingerprint density at radius 3 is 3.17 bits per heavy atom. The molecule has 2 rings (SSSR count). The number of aldehydes is 1. The van der Waals surface area contributed by atoms with Crippen molar-refractivity contribution in [2.45, 2.75) is 45.6 Å². The maximum atomic E-state index is 10.4. The smallest absolute Gasteiger partial charge is 0.125 e. The van der Waals surface area contributed by atoms with Gasteiger partial charge in [-0.3, -0.25) is 0 Å². The number of likely N-dealkylation sites (tertiary alicyclic amines) is 1. The van der Waals surface area contributed by atoms with Crippen LogP contribution < -0.4 is 0 Å². The van der Waals surface area contributed by atoms with E-state index in [1.165, 1.54) is 30.9 Å². The number of aromatic nitrogens is 1. The quantitative estimate of drug-likeness (QED) is 0.768. The van der Waals surface area contributed by atoms with E-state index in [2.05, 4.69) is 23.7 Å². The van der Waals surface area contributed by atoms with Gasteiger partial charge in [0.15, 0.2) is 0 Å². The van der Waals surface area contributed by atoms with Crippen LogP contribution in [0.4, 0.5) is 0 Å². The highest BCUT2D eigenvalue weighted by molar-refractivity contribution is 7.09. The summed E-state index contributed by atoms with van der Waals surface area (Å²) in [6, 6.07) is 0.648. The van der Waals surface area contributed by atoms with Crippen LogP contribution in [0.2, 0.25) is 0 Å². The van der Waals surface area contributed by atoms with Gasteiger partial charge < -0.3 is 9.69 Å². The van der Waals surface area contributed by atoms with Gasteiger partial charge in [0.25, 0.3) is 0 Å². The maximum Gasteiger partial charge on any atom is 0.125 e. The van der Waals surface area contributed by atoms with E-state index in [0.717, 1.165) is 24.3 Å². The van der Waals surface area contributed by atoms with Gasteiger partial charge in [0.2, 0.25) is 0 Å². The molecular formula is C14H22N2OS. The molecule has 0 aromatic carbocycles. The first kappa shape index (κ1) is 13.7. The highest BCUT2D eigenvalue weighted by atomic mass is 32.1. The summed E-state index contributed by atoms with van der Waals surface area (Å²) < 4.78 is 0. The molecule has 3 nitrogen and oxygen atoms in total. The van der Waals surface area contributed by atoms with Crippen LogP contribution in [-0.4, -0.2) is 35.3 Å². The van der Waals surface area contributed by atoms with Crippen molar-refractivity contribution in [1.82, 2.24) is 9.88 Å². The Kier molecular flexibility index (Phi) is 4.89. The summed E-state index contributed by atoms with van der Waals surface area (Å²) in [7, 11) is 0. The summed E-state index contributed by atoms with van der Waals surface area (Å²) >= 11 is 1.70.